The second-order valence-electron chi connectivity index (χ2n) is 3.25. The van der Waals surface area contributed by atoms with Gasteiger partial charge in [0.25, 0.3) is 0 Å². The third-order valence-corrected chi connectivity index (χ3v) is 4.35. The third-order valence-electron chi connectivity index (χ3n) is 2.04. The summed E-state index contributed by atoms with van der Waals surface area (Å²) < 4.78 is 0.991. The zero-order valence-corrected chi connectivity index (χ0v) is 11.0. The van der Waals surface area contributed by atoms with Crippen molar-refractivity contribution in [2.24, 2.45) is 0 Å². The Hall–Kier alpha value is -1.07. The fourth-order valence-electron chi connectivity index (χ4n) is 1.17. The molecule has 0 aliphatic carbocycles. The summed E-state index contributed by atoms with van der Waals surface area (Å²) in [6.07, 6.45) is 3.50. The molecule has 82 valence electrons. The van der Waals surface area contributed by atoms with Crippen molar-refractivity contribution in [3.63, 3.8) is 0 Å². The highest BCUT2D eigenvalue weighted by atomic mass is 79.9. The molecule has 0 aliphatic heterocycles. The van der Waals surface area contributed by atoms with Gasteiger partial charge in [0.1, 0.15) is 10.1 Å². The van der Waals surface area contributed by atoms with E-state index in [0.29, 0.717) is 5.69 Å². The van der Waals surface area contributed by atoms with Crippen LogP contribution in [0.5, 0.6) is 0 Å². The van der Waals surface area contributed by atoms with E-state index in [9.17, 15) is 0 Å². The van der Waals surface area contributed by atoms with E-state index in [0.717, 1.165) is 20.1 Å². The first-order valence-electron chi connectivity index (χ1n) is 4.68. The van der Waals surface area contributed by atoms with Crippen molar-refractivity contribution in [2.75, 3.05) is 5.73 Å². The quantitative estimate of drug-likeness (QED) is 0.924. The minimum atomic E-state index is 0.669. The van der Waals surface area contributed by atoms with Crippen molar-refractivity contribution >= 4 is 33.4 Å². The highest BCUT2D eigenvalue weighted by molar-refractivity contribution is 9.10. The Morgan fingerprint density at radius 2 is 1.94 bits per heavy atom. The summed E-state index contributed by atoms with van der Waals surface area (Å²) in [5, 5.41) is 1.66. The maximum atomic E-state index is 5.83. The number of halogens is 1. The first-order valence-corrected chi connectivity index (χ1v) is 6.29. The summed E-state index contributed by atoms with van der Waals surface area (Å²) >= 11 is 4.97. The van der Waals surface area contributed by atoms with Crippen LogP contribution in [-0.2, 0) is 0 Å². The van der Waals surface area contributed by atoms with Crippen molar-refractivity contribution in [1.29, 1.82) is 0 Å². The van der Waals surface area contributed by atoms with E-state index in [4.69, 9.17) is 5.73 Å². The summed E-state index contributed by atoms with van der Waals surface area (Å²) in [6.45, 7) is 2.03. The van der Waals surface area contributed by atoms with Crippen molar-refractivity contribution in [2.45, 2.75) is 17.0 Å². The lowest BCUT2D eigenvalue weighted by Crippen LogP contribution is -1.92. The van der Waals surface area contributed by atoms with Crippen LogP contribution in [0.2, 0.25) is 0 Å². The minimum absolute atomic E-state index is 0.669. The molecule has 5 heteroatoms. The normalized spacial score (nSPS) is 10.4. The molecule has 0 fully saturated rings. The molecule has 0 aromatic carbocycles. The molecule has 0 unspecified atom stereocenters. The summed E-state index contributed by atoms with van der Waals surface area (Å²) in [4.78, 5) is 8.52. The maximum absolute atomic E-state index is 5.83. The Balaban J connectivity index is 2.35. The smallest absolute Gasteiger partial charge is 0.125 e. The van der Waals surface area contributed by atoms with Gasteiger partial charge in [0.05, 0.1) is 10.2 Å². The average molecular weight is 296 g/mol. The Kier molecular flexibility index (Phi) is 3.46. The van der Waals surface area contributed by atoms with Gasteiger partial charge in [0, 0.05) is 12.4 Å². The molecule has 2 N–H and O–H groups in total. The van der Waals surface area contributed by atoms with Gasteiger partial charge in [-0.3, -0.25) is 0 Å². The topological polar surface area (TPSA) is 51.8 Å². The van der Waals surface area contributed by atoms with Gasteiger partial charge in [-0.15, -0.1) is 0 Å². The molecule has 2 aromatic rings. The van der Waals surface area contributed by atoms with E-state index < -0.39 is 0 Å². The van der Waals surface area contributed by atoms with Gasteiger partial charge in [0.15, 0.2) is 0 Å². The SMILES string of the molecule is Cc1ccnc(Sc2ncccc2N)c1Br. The predicted octanol–water partition coefficient (Wildman–Crippen LogP) is 3.28. The summed E-state index contributed by atoms with van der Waals surface area (Å²) in [5.74, 6) is 0. The van der Waals surface area contributed by atoms with Crippen LogP contribution in [0, 0.1) is 6.92 Å². The summed E-state index contributed by atoms with van der Waals surface area (Å²) in [7, 11) is 0. The molecule has 0 aliphatic rings. The molecule has 2 rings (SSSR count). The van der Waals surface area contributed by atoms with E-state index in [1.54, 1.807) is 12.4 Å². The summed E-state index contributed by atoms with van der Waals surface area (Å²) in [6, 6.07) is 5.60. The van der Waals surface area contributed by atoms with Crippen LogP contribution in [0.4, 0.5) is 5.69 Å². The van der Waals surface area contributed by atoms with Crippen LogP contribution in [0.1, 0.15) is 5.56 Å². The number of aromatic nitrogens is 2. The zero-order chi connectivity index (χ0) is 11.5. The third kappa shape index (κ3) is 2.36. The monoisotopic (exact) mass is 295 g/mol. The average Bonchev–Trinajstić information content (AvgIpc) is 2.28. The van der Waals surface area contributed by atoms with Crippen LogP contribution >= 0.6 is 27.7 Å². The second-order valence-corrected chi connectivity index (χ2v) is 5.02. The number of nitrogen functional groups attached to an aromatic ring is 1. The number of hydrogen-bond acceptors (Lipinski definition) is 4. The highest BCUT2D eigenvalue weighted by Gasteiger charge is 2.08. The molecular weight excluding hydrogens is 286 g/mol. The Morgan fingerprint density at radius 1 is 1.19 bits per heavy atom. The molecule has 2 heterocycles. The fourth-order valence-corrected chi connectivity index (χ4v) is 2.49. The van der Waals surface area contributed by atoms with E-state index in [1.165, 1.54) is 11.8 Å². The van der Waals surface area contributed by atoms with Crippen LogP contribution in [-0.4, -0.2) is 9.97 Å². The number of aryl methyl sites for hydroxylation is 1. The molecule has 0 bridgehead atoms. The lowest BCUT2D eigenvalue weighted by atomic mass is 10.3. The summed E-state index contributed by atoms with van der Waals surface area (Å²) in [5.41, 5.74) is 7.64. The Morgan fingerprint density at radius 3 is 2.69 bits per heavy atom. The van der Waals surface area contributed by atoms with Gasteiger partial charge in [-0.2, -0.15) is 0 Å². The molecule has 0 spiro atoms. The van der Waals surface area contributed by atoms with Crippen LogP contribution < -0.4 is 5.73 Å². The van der Waals surface area contributed by atoms with Gasteiger partial charge >= 0.3 is 0 Å². The van der Waals surface area contributed by atoms with Gasteiger partial charge < -0.3 is 5.73 Å². The molecule has 0 atom stereocenters. The first kappa shape index (κ1) is 11.4. The number of rotatable bonds is 2. The zero-order valence-electron chi connectivity index (χ0n) is 8.64. The van der Waals surface area contributed by atoms with Gasteiger partial charge in [-0.1, -0.05) is 0 Å². The maximum Gasteiger partial charge on any atom is 0.125 e. The van der Waals surface area contributed by atoms with Crippen LogP contribution in [0.15, 0.2) is 45.1 Å². The molecule has 0 amide bonds. The Labute approximate surface area is 107 Å². The molecular formula is C11H10BrN3S. The first-order chi connectivity index (χ1) is 7.68. The molecule has 0 radical (unpaired) electrons. The second kappa shape index (κ2) is 4.84. The highest BCUT2D eigenvalue weighted by Crippen LogP contribution is 2.34. The van der Waals surface area contributed by atoms with Gasteiger partial charge in [-0.25, -0.2) is 9.97 Å². The minimum Gasteiger partial charge on any atom is -0.397 e. The largest absolute Gasteiger partial charge is 0.397 e. The van der Waals surface area contributed by atoms with E-state index >= 15 is 0 Å². The Bertz CT molecular complexity index is 516. The fraction of sp³-hybridized carbons (Fsp3) is 0.0909. The lowest BCUT2D eigenvalue weighted by Gasteiger charge is -2.06. The van der Waals surface area contributed by atoms with Gasteiger partial charge in [-0.05, 0) is 58.4 Å². The van der Waals surface area contributed by atoms with Crippen LogP contribution in [0.25, 0.3) is 0 Å². The molecule has 0 saturated carbocycles. The van der Waals surface area contributed by atoms with E-state index in [1.807, 2.05) is 25.1 Å². The molecule has 2 aromatic heterocycles. The number of nitrogens with zero attached hydrogens (tertiary/aromatic N) is 2. The van der Waals surface area contributed by atoms with Crippen molar-refractivity contribution in [3.8, 4) is 0 Å². The number of pyridine rings is 2. The number of nitrogens with two attached hydrogens (primary N) is 1. The standard InChI is InChI=1S/C11H10BrN3S/c1-7-4-6-15-11(9(7)12)16-10-8(13)3-2-5-14-10/h2-6H,13H2,1H3. The van der Waals surface area contributed by atoms with Crippen molar-refractivity contribution < 1.29 is 0 Å². The number of anilines is 1. The van der Waals surface area contributed by atoms with Gasteiger partial charge in [0.2, 0.25) is 0 Å². The number of hydrogen-bond donors (Lipinski definition) is 1. The predicted molar refractivity (Wildman–Crippen MR) is 69.4 cm³/mol. The molecule has 16 heavy (non-hydrogen) atoms. The van der Waals surface area contributed by atoms with Crippen molar-refractivity contribution in [3.05, 3.63) is 40.6 Å². The lowest BCUT2D eigenvalue weighted by molar-refractivity contribution is 1.07. The van der Waals surface area contributed by atoms with E-state index in [-0.39, 0.29) is 0 Å². The van der Waals surface area contributed by atoms with E-state index in [2.05, 4.69) is 25.9 Å². The molecule has 3 nitrogen and oxygen atoms in total. The van der Waals surface area contributed by atoms with Crippen molar-refractivity contribution in [1.82, 2.24) is 9.97 Å². The van der Waals surface area contributed by atoms with Crippen LogP contribution in [0.3, 0.4) is 0 Å². The molecule has 0 saturated heterocycles.